The lowest BCUT2D eigenvalue weighted by atomic mass is 10.0. The minimum atomic E-state index is -0.447. The summed E-state index contributed by atoms with van der Waals surface area (Å²) in [5.41, 5.74) is 1.47. The van der Waals surface area contributed by atoms with Gasteiger partial charge in [0.25, 0.3) is 0 Å². The normalized spacial score (nSPS) is 13.4. The standard InChI is InChI=1S/C20H21ClFN3O/c1-3-17(25-13(2)18-11-23-12-24-18)15-9-10-16(21)20(19(15)22)26-14-7-5-4-6-8-14/h4-13,17,25H,3H2,1-2H3,(H,23,24)/t13-,17-/m0/s1. The molecule has 1 heterocycles. The van der Waals surface area contributed by atoms with Gasteiger partial charge in [-0.3, -0.25) is 0 Å². The van der Waals surface area contributed by atoms with E-state index in [1.165, 1.54) is 0 Å². The van der Waals surface area contributed by atoms with Gasteiger partial charge < -0.3 is 15.0 Å². The fraction of sp³-hybridized carbons (Fsp3) is 0.250. The van der Waals surface area contributed by atoms with E-state index < -0.39 is 5.82 Å². The third kappa shape index (κ3) is 4.06. The predicted octanol–water partition coefficient (Wildman–Crippen LogP) is 5.80. The molecule has 1 aromatic heterocycles. The van der Waals surface area contributed by atoms with Crippen molar-refractivity contribution in [2.24, 2.45) is 0 Å². The van der Waals surface area contributed by atoms with Gasteiger partial charge in [-0.25, -0.2) is 9.37 Å². The molecule has 0 aliphatic rings. The number of H-pyrrole nitrogens is 1. The number of para-hydroxylation sites is 1. The van der Waals surface area contributed by atoms with E-state index in [2.05, 4.69) is 15.3 Å². The van der Waals surface area contributed by atoms with E-state index >= 15 is 4.39 Å². The summed E-state index contributed by atoms with van der Waals surface area (Å²) in [5, 5.41) is 3.67. The van der Waals surface area contributed by atoms with Crippen molar-refractivity contribution in [1.82, 2.24) is 15.3 Å². The molecule has 0 radical (unpaired) electrons. The summed E-state index contributed by atoms with van der Waals surface area (Å²) in [6.45, 7) is 4.01. The van der Waals surface area contributed by atoms with E-state index in [1.54, 1.807) is 36.8 Å². The molecule has 0 amide bonds. The molecule has 2 aromatic carbocycles. The molecule has 0 unspecified atom stereocenters. The average Bonchev–Trinajstić information content (AvgIpc) is 3.19. The van der Waals surface area contributed by atoms with Crippen molar-refractivity contribution in [3.8, 4) is 11.5 Å². The second kappa shape index (κ2) is 8.34. The molecule has 4 nitrogen and oxygen atoms in total. The largest absolute Gasteiger partial charge is 0.453 e. The summed E-state index contributed by atoms with van der Waals surface area (Å²) < 4.78 is 20.9. The maximum absolute atomic E-state index is 15.2. The molecule has 3 aromatic rings. The van der Waals surface area contributed by atoms with Gasteiger partial charge in [0, 0.05) is 23.8 Å². The highest BCUT2D eigenvalue weighted by Crippen LogP contribution is 2.37. The molecule has 0 aliphatic carbocycles. The van der Waals surface area contributed by atoms with Crippen LogP contribution in [-0.4, -0.2) is 9.97 Å². The molecule has 0 bridgehead atoms. The van der Waals surface area contributed by atoms with Crippen LogP contribution < -0.4 is 10.1 Å². The Hall–Kier alpha value is -2.37. The SMILES string of the molecule is CC[C@H](N[C@@H](C)c1cnc[nH]1)c1ccc(Cl)c(Oc2ccccc2)c1F. The molecule has 0 aliphatic heterocycles. The lowest BCUT2D eigenvalue weighted by Crippen LogP contribution is -2.25. The van der Waals surface area contributed by atoms with Crippen LogP contribution >= 0.6 is 11.6 Å². The van der Waals surface area contributed by atoms with E-state index in [0.717, 1.165) is 5.69 Å². The van der Waals surface area contributed by atoms with Crippen molar-refractivity contribution in [3.05, 3.63) is 77.1 Å². The molecule has 0 spiro atoms. The monoisotopic (exact) mass is 373 g/mol. The molecule has 26 heavy (non-hydrogen) atoms. The van der Waals surface area contributed by atoms with Crippen molar-refractivity contribution in [1.29, 1.82) is 0 Å². The van der Waals surface area contributed by atoms with Crippen molar-refractivity contribution < 1.29 is 9.13 Å². The van der Waals surface area contributed by atoms with Gasteiger partial charge in [-0.2, -0.15) is 0 Å². The second-order valence-corrected chi connectivity index (χ2v) is 6.46. The minimum Gasteiger partial charge on any atom is -0.453 e. The molecule has 0 saturated heterocycles. The predicted molar refractivity (Wildman–Crippen MR) is 101 cm³/mol. The number of nitrogens with zero attached hydrogens (tertiary/aromatic N) is 1. The molecule has 6 heteroatoms. The molecule has 2 N–H and O–H groups in total. The lowest BCUT2D eigenvalue weighted by Gasteiger charge is -2.23. The fourth-order valence-electron chi connectivity index (χ4n) is 2.84. The van der Waals surface area contributed by atoms with Crippen molar-refractivity contribution >= 4 is 11.6 Å². The van der Waals surface area contributed by atoms with Crippen molar-refractivity contribution in [2.45, 2.75) is 32.4 Å². The first-order chi connectivity index (χ1) is 12.6. The Morgan fingerprint density at radius 1 is 1.23 bits per heavy atom. The molecule has 2 atom stereocenters. The Bertz CT molecular complexity index is 840. The van der Waals surface area contributed by atoms with E-state index in [-0.39, 0.29) is 22.9 Å². The molecule has 3 rings (SSSR count). The first-order valence-electron chi connectivity index (χ1n) is 8.55. The Morgan fingerprint density at radius 2 is 2.00 bits per heavy atom. The van der Waals surface area contributed by atoms with Crippen LogP contribution in [0.15, 0.2) is 55.0 Å². The van der Waals surface area contributed by atoms with Crippen LogP contribution in [0.4, 0.5) is 4.39 Å². The van der Waals surface area contributed by atoms with Crippen LogP contribution in [0, 0.1) is 5.82 Å². The van der Waals surface area contributed by atoms with E-state index in [4.69, 9.17) is 16.3 Å². The van der Waals surface area contributed by atoms with Gasteiger partial charge in [0.2, 0.25) is 0 Å². The van der Waals surface area contributed by atoms with Gasteiger partial charge in [0.15, 0.2) is 11.6 Å². The van der Waals surface area contributed by atoms with E-state index in [0.29, 0.717) is 17.7 Å². The Morgan fingerprint density at radius 3 is 2.65 bits per heavy atom. The molecular formula is C20H21ClFN3O. The minimum absolute atomic E-state index is 0.00369. The van der Waals surface area contributed by atoms with E-state index in [1.807, 2.05) is 32.0 Å². The van der Waals surface area contributed by atoms with Crippen LogP contribution in [0.1, 0.15) is 43.6 Å². The third-order valence-electron chi connectivity index (χ3n) is 4.26. The van der Waals surface area contributed by atoms with Crippen molar-refractivity contribution in [2.75, 3.05) is 0 Å². The zero-order chi connectivity index (χ0) is 18.5. The second-order valence-electron chi connectivity index (χ2n) is 6.05. The van der Waals surface area contributed by atoms with Gasteiger partial charge in [0.05, 0.1) is 17.0 Å². The number of ether oxygens (including phenoxy) is 1. The number of imidazole rings is 1. The number of nitrogens with one attached hydrogen (secondary N) is 2. The maximum atomic E-state index is 15.2. The molecule has 0 fully saturated rings. The summed E-state index contributed by atoms with van der Waals surface area (Å²) in [6, 6.07) is 12.2. The highest BCUT2D eigenvalue weighted by molar-refractivity contribution is 6.32. The molecular weight excluding hydrogens is 353 g/mol. The Balaban J connectivity index is 1.87. The first-order valence-corrected chi connectivity index (χ1v) is 8.93. The Kier molecular flexibility index (Phi) is 5.91. The Labute approximate surface area is 157 Å². The van der Waals surface area contributed by atoms with Crippen LogP contribution in [0.3, 0.4) is 0 Å². The van der Waals surface area contributed by atoms with Crippen LogP contribution in [0.2, 0.25) is 5.02 Å². The van der Waals surface area contributed by atoms with Crippen LogP contribution in [-0.2, 0) is 0 Å². The van der Waals surface area contributed by atoms with Crippen LogP contribution in [0.5, 0.6) is 11.5 Å². The number of hydrogen-bond donors (Lipinski definition) is 2. The van der Waals surface area contributed by atoms with Crippen molar-refractivity contribution in [3.63, 3.8) is 0 Å². The maximum Gasteiger partial charge on any atom is 0.181 e. The highest BCUT2D eigenvalue weighted by Gasteiger charge is 2.22. The summed E-state index contributed by atoms with van der Waals surface area (Å²) in [4.78, 5) is 7.10. The van der Waals surface area contributed by atoms with Gasteiger partial charge in [0.1, 0.15) is 5.75 Å². The summed E-state index contributed by atoms with van der Waals surface area (Å²) in [5.74, 6) is 0.139. The van der Waals surface area contributed by atoms with Gasteiger partial charge in [-0.1, -0.05) is 42.8 Å². The summed E-state index contributed by atoms with van der Waals surface area (Å²) >= 11 is 6.19. The number of aromatic amines is 1. The number of benzene rings is 2. The zero-order valence-electron chi connectivity index (χ0n) is 14.7. The number of aromatic nitrogens is 2. The zero-order valence-corrected chi connectivity index (χ0v) is 15.4. The molecule has 136 valence electrons. The first kappa shape index (κ1) is 18.4. The smallest absolute Gasteiger partial charge is 0.181 e. The van der Waals surface area contributed by atoms with Crippen LogP contribution in [0.25, 0.3) is 0 Å². The van der Waals surface area contributed by atoms with E-state index in [9.17, 15) is 0 Å². The number of hydrogen-bond acceptors (Lipinski definition) is 3. The van der Waals surface area contributed by atoms with Gasteiger partial charge in [-0.05, 0) is 31.5 Å². The third-order valence-corrected chi connectivity index (χ3v) is 4.56. The topological polar surface area (TPSA) is 49.9 Å². The average molecular weight is 374 g/mol. The lowest BCUT2D eigenvalue weighted by molar-refractivity contribution is 0.408. The quantitative estimate of drug-likeness (QED) is 0.550. The number of rotatable bonds is 7. The van der Waals surface area contributed by atoms with Gasteiger partial charge >= 0.3 is 0 Å². The molecule has 0 saturated carbocycles. The van der Waals surface area contributed by atoms with Gasteiger partial charge in [-0.15, -0.1) is 0 Å². The highest BCUT2D eigenvalue weighted by atomic mass is 35.5. The summed E-state index contributed by atoms with van der Waals surface area (Å²) in [7, 11) is 0. The fourth-order valence-corrected chi connectivity index (χ4v) is 3.02. The number of halogens is 2. The summed E-state index contributed by atoms with van der Waals surface area (Å²) in [6.07, 6.45) is 4.09.